The molecule has 5 nitrogen and oxygen atoms in total. The first-order valence-electron chi connectivity index (χ1n) is 8.16. The van der Waals surface area contributed by atoms with E-state index in [4.69, 9.17) is 4.74 Å². The minimum Gasteiger partial charge on any atom is -0.505 e. The maximum atomic E-state index is 14.5. The number of morpholine rings is 1. The molecule has 7 heteroatoms. The number of thiazole rings is 1. The average molecular weight is 359 g/mol. The van der Waals surface area contributed by atoms with Crippen molar-refractivity contribution in [3.8, 4) is 5.75 Å². The van der Waals surface area contributed by atoms with Crippen LogP contribution in [0.1, 0.15) is 22.3 Å². The van der Waals surface area contributed by atoms with Crippen molar-refractivity contribution in [2.45, 2.75) is 13.0 Å². The first-order chi connectivity index (χ1) is 12.1. The summed E-state index contributed by atoms with van der Waals surface area (Å²) >= 11 is 1.53. The number of rotatable bonds is 3. The third-order valence-corrected chi connectivity index (χ3v) is 5.36. The second-order valence-corrected chi connectivity index (χ2v) is 7.24. The lowest BCUT2D eigenvalue weighted by Crippen LogP contribution is -2.40. The van der Waals surface area contributed by atoms with Crippen molar-refractivity contribution in [3.63, 3.8) is 0 Å². The predicted molar refractivity (Wildman–Crippen MR) is 94.5 cm³/mol. The van der Waals surface area contributed by atoms with Crippen LogP contribution >= 0.6 is 11.3 Å². The van der Waals surface area contributed by atoms with E-state index in [2.05, 4.69) is 14.9 Å². The van der Waals surface area contributed by atoms with Crippen LogP contribution in [0.15, 0.2) is 30.5 Å². The fraction of sp³-hybridized carbons (Fsp3) is 0.333. The molecule has 1 unspecified atom stereocenters. The van der Waals surface area contributed by atoms with E-state index >= 15 is 0 Å². The molecule has 1 aromatic carbocycles. The highest BCUT2D eigenvalue weighted by Crippen LogP contribution is 2.40. The van der Waals surface area contributed by atoms with Gasteiger partial charge in [-0.25, -0.2) is 9.37 Å². The van der Waals surface area contributed by atoms with Crippen molar-refractivity contribution in [1.29, 1.82) is 0 Å². The van der Waals surface area contributed by atoms with Crippen LogP contribution in [0.2, 0.25) is 0 Å². The van der Waals surface area contributed by atoms with Gasteiger partial charge < -0.3 is 9.84 Å². The summed E-state index contributed by atoms with van der Waals surface area (Å²) in [6.45, 7) is 4.34. The Balaban J connectivity index is 1.88. The van der Waals surface area contributed by atoms with Crippen LogP contribution in [0.5, 0.6) is 5.75 Å². The van der Waals surface area contributed by atoms with Gasteiger partial charge in [0.15, 0.2) is 0 Å². The van der Waals surface area contributed by atoms with Crippen molar-refractivity contribution in [2.75, 3.05) is 26.3 Å². The molecule has 4 rings (SSSR count). The highest BCUT2D eigenvalue weighted by Gasteiger charge is 2.30. The Labute approximate surface area is 148 Å². The Kier molecular flexibility index (Phi) is 4.37. The molecule has 1 aliphatic rings. The second-order valence-electron chi connectivity index (χ2n) is 6.00. The molecule has 1 saturated heterocycles. The van der Waals surface area contributed by atoms with Gasteiger partial charge in [0.2, 0.25) is 0 Å². The topological polar surface area (TPSA) is 58.5 Å². The first kappa shape index (κ1) is 16.4. The molecule has 0 saturated carbocycles. The van der Waals surface area contributed by atoms with Crippen LogP contribution in [0.3, 0.4) is 0 Å². The number of nitrogens with zero attached hydrogens (tertiary/aromatic N) is 3. The molecule has 0 radical (unpaired) electrons. The zero-order chi connectivity index (χ0) is 17.4. The number of hydrogen-bond donors (Lipinski definition) is 1. The maximum Gasteiger partial charge on any atom is 0.147 e. The molecular weight excluding hydrogens is 341 g/mol. The number of phenols is 1. The molecule has 130 valence electrons. The molecule has 1 atom stereocenters. The second kappa shape index (κ2) is 6.67. The number of pyridine rings is 1. The highest BCUT2D eigenvalue weighted by molar-refractivity contribution is 7.18. The molecule has 2 aromatic heterocycles. The molecular formula is C18H18FN3O2S. The summed E-state index contributed by atoms with van der Waals surface area (Å²) in [6, 6.07) is 6.28. The highest BCUT2D eigenvalue weighted by atomic mass is 32.1. The number of aromatic hydroxyl groups is 1. The van der Waals surface area contributed by atoms with Gasteiger partial charge in [-0.2, -0.15) is 0 Å². The molecule has 0 amide bonds. The van der Waals surface area contributed by atoms with Crippen LogP contribution < -0.4 is 0 Å². The van der Waals surface area contributed by atoms with Gasteiger partial charge in [0, 0.05) is 24.8 Å². The van der Waals surface area contributed by atoms with E-state index in [1.165, 1.54) is 17.4 Å². The van der Waals surface area contributed by atoms with Crippen molar-refractivity contribution in [1.82, 2.24) is 14.9 Å². The van der Waals surface area contributed by atoms with E-state index in [1.807, 2.05) is 19.1 Å². The van der Waals surface area contributed by atoms with Crippen LogP contribution in [0, 0.1) is 12.7 Å². The summed E-state index contributed by atoms with van der Waals surface area (Å²) in [5.74, 6) is -0.281. The van der Waals surface area contributed by atoms with E-state index in [1.54, 1.807) is 12.3 Å². The molecule has 3 heterocycles. The lowest BCUT2D eigenvalue weighted by molar-refractivity contribution is 0.0222. The quantitative estimate of drug-likeness (QED) is 0.778. The van der Waals surface area contributed by atoms with Gasteiger partial charge in [0.05, 0.1) is 34.7 Å². The molecule has 1 N–H and O–H groups in total. The van der Waals surface area contributed by atoms with E-state index < -0.39 is 6.04 Å². The number of aryl methyl sites for hydroxylation is 1. The number of ether oxygens (including phenoxy) is 1. The maximum absolute atomic E-state index is 14.5. The Hall–Kier alpha value is -2.09. The average Bonchev–Trinajstić information content (AvgIpc) is 3.01. The van der Waals surface area contributed by atoms with Crippen LogP contribution in [0.4, 0.5) is 4.39 Å². The third kappa shape index (κ3) is 2.99. The van der Waals surface area contributed by atoms with Crippen LogP contribution in [-0.4, -0.2) is 46.3 Å². The molecule has 3 aromatic rings. The summed E-state index contributed by atoms with van der Waals surface area (Å²) in [7, 11) is 0. The van der Waals surface area contributed by atoms with Crippen molar-refractivity contribution >= 4 is 21.6 Å². The normalized spacial score (nSPS) is 17.0. The minimum absolute atomic E-state index is 0.100. The lowest BCUT2D eigenvalue weighted by atomic mass is 9.98. The Morgan fingerprint density at radius 2 is 2.08 bits per heavy atom. The minimum atomic E-state index is -0.475. The molecule has 0 spiro atoms. The lowest BCUT2D eigenvalue weighted by Gasteiger charge is -2.34. The molecule has 1 fully saturated rings. The molecule has 1 aliphatic heterocycles. The fourth-order valence-corrected chi connectivity index (χ4v) is 4.11. The van der Waals surface area contributed by atoms with Gasteiger partial charge in [-0.05, 0) is 25.1 Å². The van der Waals surface area contributed by atoms with E-state index in [0.29, 0.717) is 43.1 Å². The fourth-order valence-electron chi connectivity index (χ4n) is 3.28. The largest absolute Gasteiger partial charge is 0.505 e. The van der Waals surface area contributed by atoms with Gasteiger partial charge in [-0.15, -0.1) is 11.3 Å². The number of phenolic OH excluding ortho intramolecular Hbond substituents is 1. The molecule has 0 aliphatic carbocycles. The summed E-state index contributed by atoms with van der Waals surface area (Å²) in [6.07, 6.45) is 1.58. The van der Waals surface area contributed by atoms with Gasteiger partial charge >= 0.3 is 0 Å². The summed E-state index contributed by atoms with van der Waals surface area (Å²) in [5.41, 5.74) is 1.50. The number of halogens is 1. The van der Waals surface area contributed by atoms with Crippen molar-refractivity contribution in [3.05, 3.63) is 52.5 Å². The van der Waals surface area contributed by atoms with Crippen LogP contribution in [-0.2, 0) is 4.74 Å². The zero-order valence-electron chi connectivity index (χ0n) is 13.8. The molecule has 0 bridgehead atoms. The third-order valence-electron chi connectivity index (χ3n) is 4.42. The Morgan fingerprint density at radius 1 is 1.28 bits per heavy atom. The number of fused-ring (bicyclic) bond motifs is 1. The Morgan fingerprint density at radius 3 is 2.84 bits per heavy atom. The summed E-state index contributed by atoms with van der Waals surface area (Å²) in [5, 5.41) is 11.7. The van der Waals surface area contributed by atoms with Gasteiger partial charge in [0.25, 0.3) is 0 Å². The standard InChI is InChI=1S/C18H18FN3O2S/c1-11-21-16-14(25-11)5-4-12(18(16)23)17(22-7-9-24-10-8-22)15-13(19)3-2-6-20-15/h2-6,17,23H,7-10H2,1H3. The smallest absolute Gasteiger partial charge is 0.147 e. The SMILES string of the molecule is Cc1nc2c(O)c(C(c3ncccc3F)N3CCOCC3)ccc2s1. The zero-order valence-corrected chi connectivity index (χ0v) is 14.6. The molecule has 25 heavy (non-hydrogen) atoms. The van der Waals surface area contributed by atoms with Crippen molar-refractivity contribution < 1.29 is 14.2 Å². The Bertz CT molecular complexity index is 908. The number of hydrogen-bond acceptors (Lipinski definition) is 6. The van der Waals surface area contributed by atoms with E-state index in [9.17, 15) is 9.50 Å². The number of aromatic nitrogens is 2. The number of benzene rings is 1. The van der Waals surface area contributed by atoms with Crippen molar-refractivity contribution in [2.24, 2.45) is 0 Å². The van der Waals surface area contributed by atoms with Gasteiger partial charge in [0.1, 0.15) is 17.1 Å². The van der Waals surface area contributed by atoms with E-state index in [0.717, 1.165) is 9.71 Å². The predicted octanol–water partition coefficient (Wildman–Crippen LogP) is 3.27. The van der Waals surface area contributed by atoms with Gasteiger partial charge in [-0.3, -0.25) is 9.88 Å². The van der Waals surface area contributed by atoms with Crippen LogP contribution in [0.25, 0.3) is 10.2 Å². The monoisotopic (exact) mass is 359 g/mol. The first-order valence-corrected chi connectivity index (χ1v) is 8.98. The summed E-state index contributed by atoms with van der Waals surface area (Å²) < 4.78 is 20.9. The van der Waals surface area contributed by atoms with Gasteiger partial charge in [-0.1, -0.05) is 6.07 Å². The van der Waals surface area contributed by atoms with E-state index in [-0.39, 0.29) is 11.6 Å². The summed E-state index contributed by atoms with van der Waals surface area (Å²) in [4.78, 5) is 10.8.